The highest BCUT2D eigenvalue weighted by molar-refractivity contribution is 5.88. The van der Waals surface area contributed by atoms with Crippen LogP contribution in [0.5, 0.6) is 34.5 Å². The maximum absolute atomic E-state index is 12.3. The number of carboxylic acid groups (broad SMARTS) is 1. The van der Waals surface area contributed by atoms with Crippen molar-refractivity contribution in [1.29, 1.82) is 0 Å². The van der Waals surface area contributed by atoms with Gasteiger partial charge in [0.15, 0.2) is 46.2 Å². The van der Waals surface area contributed by atoms with Crippen LogP contribution in [0.25, 0.3) is 0 Å². The number of esters is 10. The van der Waals surface area contributed by atoms with E-state index >= 15 is 0 Å². The molecule has 0 saturated carbocycles. The quantitative estimate of drug-likeness (QED) is 0.0199. The van der Waals surface area contributed by atoms with E-state index in [1.807, 2.05) is 0 Å². The van der Waals surface area contributed by atoms with Crippen molar-refractivity contribution < 1.29 is 155 Å². The molecular formula is C76H89N3O32. The van der Waals surface area contributed by atoms with Gasteiger partial charge in [-0.1, -0.05) is 80.2 Å². The van der Waals surface area contributed by atoms with E-state index in [0.717, 1.165) is 29.4 Å². The number of carboxylic acids is 1. The second kappa shape index (κ2) is 52.6. The van der Waals surface area contributed by atoms with Gasteiger partial charge in [-0.15, -0.1) is 0 Å². The molecule has 0 aliphatic heterocycles. The molecule has 0 bridgehead atoms. The van der Waals surface area contributed by atoms with Gasteiger partial charge in [0.05, 0.1) is 35.5 Å². The van der Waals surface area contributed by atoms with Gasteiger partial charge in [0.1, 0.15) is 59.2 Å². The largest absolute Gasteiger partial charge is 0.508 e. The van der Waals surface area contributed by atoms with Gasteiger partial charge >= 0.3 is 65.7 Å². The summed E-state index contributed by atoms with van der Waals surface area (Å²) in [6, 6.07) is 35.2. The normalized spacial score (nSPS) is 10.8. The average Bonchev–Trinajstić information content (AvgIpc) is 0.897. The molecule has 0 aliphatic carbocycles. The van der Waals surface area contributed by atoms with Crippen molar-refractivity contribution in [2.45, 2.75) is 83.3 Å². The average molecular weight is 1560 g/mol. The topological polar surface area (TPSA) is 507 Å². The summed E-state index contributed by atoms with van der Waals surface area (Å²) in [5, 5.41) is 60.8. The third-order valence-corrected chi connectivity index (χ3v) is 14.3. The van der Waals surface area contributed by atoms with Crippen LogP contribution in [-0.2, 0) is 153 Å². The fourth-order valence-electron chi connectivity index (χ4n) is 8.64. The Kier molecular flexibility index (Phi) is 44.4. The van der Waals surface area contributed by atoms with Crippen molar-refractivity contribution in [2.75, 3.05) is 88.4 Å². The lowest BCUT2D eigenvalue weighted by atomic mass is 10.1. The number of aliphatic hydroxyl groups is 1. The monoisotopic (exact) mass is 1560 g/mol. The fraction of sp³-hybridized carbons (Fsp3) is 0.342. The zero-order chi connectivity index (χ0) is 81.3. The summed E-state index contributed by atoms with van der Waals surface area (Å²) in [5.74, 6) is -8.76. The highest BCUT2D eigenvalue weighted by Crippen LogP contribution is 2.19. The molecule has 35 nitrogen and oxygen atoms in total. The Bertz CT molecular complexity index is 3940. The number of ether oxygens (including phenoxy) is 12. The van der Waals surface area contributed by atoms with Gasteiger partial charge in [-0.05, 0) is 125 Å². The van der Waals surface area contributed by atoms with E-state index in [1.165, 1.54) is 77.0 Å². The van der Waals surface area contributed by atoms with E-state index in [0.29, 0.717) is 41.9 Å². The van der Waals surface area contributed by atoms with Crippen LogP contribution in [0, 0.1) is 0 Å². The molecule has 0 spiro atoms. The van der Waals surface area contributed by atoms with E-state index in [9.17, 15) is 77.3 Å². The van der Waals surface area contributed by atoms with Crippen molar-refractivity contribution in [3.05, 3.63) is 179 Å². The van der Waals surface area contributed by atoms with Gasteiger partial charge in [0.2, 0.25) is 5.91 Å². The molecule has 600 valence electrons. The second-order valence-electron chi connectivity index (χ2n) is 22.6. The molecule has 6 rings (SSSR count). The van der Waals surface area contributed by atoms with Crippen LogP contribution in [0.4, 0.5) is 0 Å². The number of amides is 3. The highest BCUT2D eigenvalue weighted by atomic mass is 16.6. The number of aromatic hydroxyl groups is 4. The molecule has 35 heteroatoms. The molecule has 3 amide bonds. The molecule has 0 radical (unpaired) electrons. The predicted octanol–water partition coefficient (Wildman–Crippen LogP) is 2.90. The van der Waals surface area contributed by atoms with Crippen molar-refractivity contribution in [1.82, 2.24) is 16.0 Å². The minimum Gasteiger partial charge on any atom is -0.508 e. The number of benzene rings is 6. The number of phenols is 4. The third-order valence-electron chi connectivity index (χ3n) is 14.3. The lowest BCUT2D eigenvalue weighted by molar-refractivity contribution is -0.160. The van der Waals surface area contributed by atoms with E-state index in [1.54, 1.807) is 97.1 Å². The maximum Gasteiger partial charge on any atom is 0.344 e. The van der Waals surface area contributed by atoms with Crippen LogP contribution in [-0.4, -0.2) is 221 Å². The standard InChI is InChI=1S/C29H33NO13.C23H25NO9.C12H15NO5.C11H12O5.CH4/c1-37-26(33)16-40-21-9-4-19(5-10-21)8-13-25(32)43-18-28(35)42-15-24(31)30-23(29(36)39-3)14-20-6-11-22(12-7-20)41-17-27(34)38-2;1-31-23(30)19(12-16-4-9-18(26)10-5-16)24-20(27)13-32-22(29)14-33-21(28)11-6-15-2-7-17(25)8-3-15;1-18-12(17)10(13-11(16)7-14)6-8-2-4-9(15)5-3-8;12-9-4-1-8(2-5-9)3-6-11(15)16-7-10(13)14;/h4-7,9-12,23H,8,13-18H2,1-3H3,(H,30,31);2-5,7-10,19,25-26H,6,11-14H2,1H3,(H,24,27);2-5,10,14-15H,6-7H2,1H3,(H,13,16);1-2,4-5,12H,3,6-7H2,(H,13,14);1H4. The first-order valence-corrected chi connectivity index (χ1v) is 32.9. The van der Waals surface area contributed by atoms with Crippen LogP contribution in [0.2, 0.25) is 0 Å². The maximum atomic E-state index is 12.3. The first kappa shape index (κ1) is 93.7. The highest BCUT2D eigenvalue weighted by Gasteiger charge is 2.26. The fourth-order valence-corrected chi connectivity index (χ4v) is 8.64. The molecular weight excluding hydrogens is 1470 g/mol. The summed E-state index contributed by atoms with van der Waals surface area (Å²) in [4.78, 5) is 162. The number of phenolic OH excluding ortho intramolecular Hbond substituents is 4. The van der Waals surface area contributed by atoms with Crippen LogP contribution >= 0.6 is 0 Å². The lowest BCUT2D eigenvalue weighted by Gasteiger charge is -2.17. The summed E-state index contributed by atoms with van der Waals surface area (Å²) in [6.07, 6.45) is 1.66. The van der Waals surface area contributed by atoms with E-state index in [4.69, 9.17) is 53.6 Å². The first-order chi connectivity index (χ1) is 52.5. The Labute approximate surface area is 636 Å². The van der Waals surface area contributed by atoms with Crippen LogP contribution in [0.15, 0.2) is 146 Å². The molecule has 3 atom stereocenters. The minimum atomic E-state index is -1.17. The Morgan fingerprint density at radius 2 is 0.559 bits per heavy atom. The number of aliphatic carboxylic acids is 1. The van der Waals surface area contributed by atoms with Gasteiger partial charge in [-0.25, -0.2) is 38.4 Å². The zero-order valence-electron chi connectivity index (χ0n) is 60.4. The minimum absolute atomic E-state index is 0. The first-order valence-electron chi connectivity index (χ1n) is 32.9. The molecule has 9 N–H and O–H groups in total. The Hall–Kier alpha value is -13.3. The van der Waals surface area contributed by atoms with Crippen molar-refractivity contribution in [3.8, 4) is 34.5 Å². The number of methoxy groups -OCH3 is 5. The van der Waals surface area contributed by atoms with E-state index in [2.05, 4.69) is 39.6 Å². The predicted molar refractivity (Wildman–Crippen MR) is 384 cm³/mol. The lowest BCUT2D eigenvalue weighted by Crippen LogP contribution is -2.44. The molecule has 3 unspecified atom stereocenters. The molecule has 0 heterocycles. The van der Waals surface area contributed by atoms with Crippen molar-refractivity contribution in [3.63, 3.8) is 0 Å². The van der Waals surface area contributed by atoms with E-state index < -0.39 is 141 Å². The summed E-state index contributed by atoms with van der Waals surface area (Å²) in [6.45, 7) is -4.52. The molecule has 0 aromatic heterocycles. The Morgan fingerprint density at radius 3 is 0.829 bits per heavy atom. The summed E-state index contributed by atoms with van der Waals surface area (Å²) < 4.78 is 57.3. The number of aryl methyl sites for hydroxylation is 3. The molecule has 0 saturated heterocycles. The SMILES string of the molecule is C.COC(=O)C(Cc1ccc(O)cc1)NC(=O)CO.COC(=O)C(Cc1ccc(O)cc1)NC(=O)COC(=O)COC(=O)CCc1ccc(O)cc1.COC(=O)COc1ccc(CCC(=O)OCC(=O)OCC(=O)NC(Cc2ccc(OCC(=O)OC)cc2)C(=O)OC)cc1.O=C(O)COC(=O)CCc1ccc(O)cc1. The summed E-state index contributed by atoms with van der Waals surface area (Å²) >= 11 is 0. The summed E-state index contributed by atoms with van der Waals surface area (Å²) in [7, 11) is 6.06. The van der Waals surface area contributed by atoms with Crippen molar-refractivity contribution >= 4 is 83.4 Å². The molecule has 6 aromatic rings. The van der Waals surface area contributed by atoms with Crippen LogP contribution < -0.4 is 25.4 Å². The third kappa shape index (κ3) is 41.4. The Morgan fingerprint density at radius 1 is 0.306 bits per heavy atom. The second-order valence-corrected chi connectivity index (χ2v) is 22.6. The number of hydrogen-bond donors (Lipinski definition) is 9. The van der Waals surface area contributed by atoms with Gasteiger partial charge < -0.3 is 103 Å². The number of carbonyl (C=O) groups is 14. The Balaban J connectivity index is 0.000000539. The molecule has 6 aromatic carbocycles. The number of rotatable bonds is 38. The number of hydrogen-bond acceptors (Lipinski definition) is 31. The van der Waals surface area contributed by atoms with Gasteiger partial charge in [0, 0.05) is 38.5 Å². The summed E-state index contributed by atoms with van der Waals surface area (Å²) in [5.41, 5.74) is 4.56. The smallest absolute Gasteiger partial charge is 0.344 e. The van der Waals surface area contributed by atoms with Crippen LogP contribution in [0.3, 0.4) is 0 Å². The van der Waals surface area contributed by atoms with E-state index in [-0.39, 0.29) is 82.2 Å². The van der Waals surface area contributed by atoms with Gasteiger partial charge in [-0.2, -0.15) is 0 Å². The van der Waals surface area contributed by atoms with Gasteiger partial charge in [-0.3, -0.25) is 28.8 Å². The molecule has 111 heavy (non-hydrogen) atoms. The number of nitrogens with one attached hydrogen (secondary N) is 3. The van der Waals surface area contributed by atoms with Gasteiger partial charge in [0.25, 0.3) is 11.8 Å². The number of aliphatic hydroxyl groups excluding tert-OH is 1. The van der Waals surface area contributed by atoms with Crippen molar-refractivity contribution in [2.24, 2.45) is 0 Å². The van der Waals surface area contributed by atoms with Crippen LogP contribution in [0.1, 0.15) is 60.1 Å². The molecule has 0 aliphatic rings. The molecule has 0 fully saturated rings. The zero-order valence-corrected chi connectivity index (χ0v) is 60.4. The number of carbonyl (C=O) groups excluding carboxylic acids is 13.